The van der Waals surface area contributed by atoms with Crippen LogP contribution in [0.2, 0.25) is 0 Å². The average molecular weight is 297 g/mol. The monoisotopic (exact) mass is 297 g/mol. The van der Waals surface area contributed by atoms with Gasteiger partial charge < -0.3 is 5.11 Å². The van der Waals surface area contributed by atoms with Crippen molar-refractivity contribution < 1.29 is 13.5 Å². The molecule has 0 amide bonds. The molecule has 1 aromatic rings. The molecular formula is C15H23NO3S. The van der Waals surface area contributed by atoms with Crippen LogP contribution in [0.4, 0.5) is 0 Å². The molecule has 1 aromatic carbocycles. The van der Waals surface area contributed by atoms with Crippen molar-refractivity contribution >= 4 is 10.0 Å². The molecule has 112 valence electrons. The minimum absolute atomic E-state index is 0.145. The van der Waals surface area contributed by atoms with Gasteiger partial charge in [-0.05, 0) is 41.9 Å². The first-order valence-electron chi connectivity index (χ1n) is 7.14. The van der Waals surface area contributed by atoms with Crippen LogP contribution < -0.4 is 4.72 Å². The van der Waals surface area contributed by atoms with Gasteiger partial charge in [0.1, 0.15) is 0 Å². The molecule has 1 aliphatic rings. The van der Waals surface area contributed by atoms with Crippen molar-refractivity contribution in [2.45, 2.75) is 39.2 Å². The van der Waals surface area contributed by atoms with Gasteiger partial charge in [0.15, 0.2) is 0 Å². The lowest BCUT2D eigenvalue weighted by atomic mass is 9.95. The molecule has 20 heavy (non-hydrogen) atoms. The lowest BCUT2D eigenvalue weighted by molar-refractivity contribution is 0.319. The van der Waals surface area contributed by atoms with Crippen molar-refractivity contribution in [1.29, 1.82) is 0 Å². The van der Waals surface area contributed by atoms with Gasteiger partial charge in [0, 0.05) is 6.04 Å². The Bertz CT molecular complexity index is 566. The van der Waals surface area contributed by atoms with E-state index in [1.165, 1.54) is 11.1 Å². The van der Waals surface area contributed by atoms with Gasteiger partial charge in [-0.25, -0.2) is 13.1 Å². The van der Waals surface area contributed by atoms with Crippen molar-refractivity contribution in [3.05, 3.63) is 34.9 Å². The Morgan fingerprint density at radius 2 is 2.15 bits per heavy atom. The van der Waals surface area contributed by atoms with Crippen LogP contribution in [0.3, 0.4) is 0 Å². The predicted molar refractivity (Wildman–Crippen MR) is 80.1 cm³/mol. The fraction of sp³-hybridized carbons (Fsp3) is 0.600. The van der Waals surface area contributed by atoms with E-state index in [2.05, 4.69) is 24.6 Å². The van der Waals surface area contributed by atoms with E-state index in [0.29, 0.717) is 5.92 Å². The van der Waals surface area contributed by atoms with Gasteiger partial charge in [-0.2, -0.15) is 0 Å². The van der Waals surface area contributed by atoms with Crippen LogP contribution in [-0.4, -0.2) is 25.9 Å². The highest BCUT2D eigenvalue weighted by Gasteiger charge is 2.27. The molecule has 0 fully saturated rings. The van der Waals surface area contributed by atoms with E-state index in [1.807, 2.05) is 12.1 Å². The van der Waals surface area contributed by atoms with Crippen molar-refractivity contribution in [2.75, 3.05) is 12.4 Å². The van der Waals surface area contributed by atoms with Crippen LogP contribution >= 0.6 is 0 Å². The van der Waals surface area contributed by atoms with Crippen LogP contribution in [0, 0.1) is 5.92 Å². The van der Waals surface area contributed by atoms with Crippen molar-refractivity contribution in [1.82, 2.24) is 4.72 Å². The van der Waals surface area contributed by atoms with E-state index >= 15 is 0 Å². The van der Waals surface area contributed by atoms with E-state index in [0.717, 1.165) is 24.8 Å². The molecule has 0 aliphatic heterocycles. The summed E-state index contributed by atoms with van der Waals surface area (Å²) in [6.07, 6.45) is 2.75. The van der Waals surface area contributed by atoms with Gasteiger partial charge in [0.25, 0.3) is 0 Å². The van der Waals surface area contributed by atoms with Crippen LogP contribution in [0.1, 0.15) is 43.0 Å². The molecule has 0 saturated heterocycles. The smallest absolute Gasteiger partial charge is 0.214 e. The maximum absolute atomic E-state index is 11.8. The van der Waals surface area contributed by atoms with Crippen LogP contribution in [0.25, 0.3) is 0 Å². The van der Waals surface area contributed by atoms with Crippen LogP contribution in [0.15, 0.2) is 18.2 Å². The number of benzene rings is 1. The molecule has 0 heterocycles. The molecule has 2 rings (SSSR count). The van der Waals surface area contributed by atoms with E-state index in [9.17, 15) is 8.42 Å². The topological polar surface area (TPSA) is 66.4 Å². The van der Waals surface area contributed by atoms with Gasteiger partial charge in [-0.3, -0.25) is 0 Å². The summed E-state index contributed by atoms with van der Waals surface area (Å²) in [7, 11) is -3.39. The van der Waals surface area contributed by atoms with Gasteiger partial charge in [-0.15, -0.1) is 0 Å². The van der Waals surface area contributed by atoms with Crippen molar-refractivity contribution in [2.24, 2.45) is 5.92 Å². The zero-order chi connectivity index (χ0) is 14.8. The summed E-state index contributed by atoms with van der Waals surface area (Å²) >= 11 is 0. The van der Waals surface area contributed by atoms with Crippen molar-refractivity contribution in [3.63, 3.8) is 0 Å². The third-order valence-corrected chi connectivity index (χ3v) is 5.04. The minimum Gasteiger partial charge on any atom is -0.395 e. The van der Waals surface area contributed by atoms with E-state index < -0.39 is 10.0 Å². The van der Waals surface area contributed by atoms with Gasteiger partial charge in [0.05, 0.1) is 12.4 Å². The number of hydrogen-bond acceptors (Lipinski definition) is 3. The molecule has 0 aromatic heterocycles. The second-order valence-electron chi connectivity index (χ2n) is 5.83. The van der Waals surface area contributed by atoms with Crippen LogP contribution in [0.5, 0.6) is 0 Å². The maximum Gasteiger partial charge on any atom is 0.214 e. The summed E-state index contributed by atoms with van der Waals surface area (Å²) < 4.78 is 26.3. The normalized spacial score (nSPS) is 18.5. The number of rotatable bonds is 6. The Hall–Kier alpha value is -0.910. The zero-order valence-electron chi connectivity index (χ0n) is 12.1. The molecule has 2 N–H and O–H groups in total. The summed E-state index contributed by atoms with van der Waals surface area (Å²) in [5.41, 5.74) is 3.74. The van der Waals surface area contributed by atoms with Crippen LogP contribution in [-0.2, 0) is 22.9 Å². The summed E-state index contributed by atoms with van der Waals surface area (Å²) in [4.78, 5) is 0. The summed E-state index contributed by atoms with van der Waals surface area (Å²) in [6.45, 7) is 4.04. The lowest BCUT2D eigenvalue weighted by Gasteiger charge is -2.15. The molecule has 1 aliphatic carbocycles. The Kier molecular flexibility index (Phi) is 4.83. The van der Waals surface area contributed by atoms with Crippen molar-refractivity contribution in [3.8, 4) is 0 Å². The number of sulfonamides is 1. The van der Waals surface area contributed by atoms with E-state index in [1.54, 1.807) is 0 Å². The number of nitrogens with one attached hydrogen (secondary N) is 1. The summed E-state index contributed by atoms with van der Waals surface area (Å²) in [5, 5.41) is 8.80. The fourth-order valence-corrected chi connectivity index (χ4v) is 3.92. The molecule has 5 heteroatoms. The highest BCUT2D eigenvalue weighted by Crippen LogP contribution is 2.34. The third-order valence-electron chi connectivity index (χ3n) is 3.68. The summed E-state index contributed by atoms with van der Waals surface area (Å²) in [5.74, 6) is 0.358. The molecule has 0 radical (unpaired) electrons. The SMILES string of the molecule is CC(C)Cc1cccc2c1CCC2NS(=O)(=O)CCO. The Morgan fingerprint density at radius 1 is 1.40 bits per heavy atom. The zero-order valence-corrected chi connectivity index (χ0v) is 12.9. The largest absolute Gasteiger partial charge is 0.395 e. The molecule has 1 atom stereocenters. The predicted octanol–water partition coefficient (Wildman–Crippen LogP) is 1.78. The number of fused-ring (bicyclic) bond motifs is 1. The second-order valence-corrected chi connectivity index (χ2v) is 7.71. The fourth-order valence-electron chi connectivity index (χ4n) is 2.88. The molecule has 1 unspecified atom stereocenters. The molecular weight excluding hydrogens is 274 g/mol. The summed E-state index contributed by atoms with van der Waals surface area (Å²) in [6, 6.07) is 6.02. The lowest BCUT2D eigenvalue weighted by Crippen LogP contribution is -2.30. The number of aliphatic hydroxyl groups is 1. The maximum atomic E-state index is 11.8. The Labute approximate surface area is 121 Å². The highest BCUT2D eigenvalue weighted by molar-refractivity contribution is 7.89. The number of aliphatic hydroxyl groups excluding tert-OH is 1. The molecule has 0 spiro atoms. The Balaban J connectivity index is 2.21. The minimum atomic E-state index is -3.39. The standard InChI is InChI=1S/C15H23NO3S/c1-11(2)10-12-4-3-5-14-13(12)6-7-15(14)16-20(18,19)9-8-17/h3-5,11,15-17H,6-10H2,1-2H3. The van der Waals surface area contributed by atoms with Gasteiger partial charge >= 0.3 is 0 Å². The molecule has 0 bridgehead atoms. The quantitative estimate of drug-likeness (QED) is 0.841. The van der Waals surface area contributed by atoms with E-state index in [4.69, 9.17) is 5.11 Å². The third kappa shape index (κ3) is 3.59. The van der Waals surface area contributed by atoms with Gasteiger partial charge in [-0.1, -0.05) is 32.0 Å². The first kappa shape index (κ1) is 15.5. The van der Waals surface area contributed by atoms with Gasteiger partial charge in [0.2, 0.25) is 10.0 Å². The second kappa shape index (κ2) is 6.24. The first-order chi connectivity index (χ1) is 9.43. The first-order valence-corrected chi connectivity index (χ1v) is 8.79. The Morgan fingerprint density at radius 3 is 2.80 bits per heavy atom. The number of hydrogen-bond donors (Lipinski definition) is 2. The highest BCUT2D eigenvalue weighted by atomic mass is 32.2. The average Bonchev–Trinajstić information content (AvgIpc) is 2.72. The molecule has 0 saturated carbocycles. The van der Waals surface area contributed by atoms with E-state index in [-0.39, 0.29) is 18.4 Å². The molecule has 4 nitrogen and oxygen atoms in total.